The van der Waals surface area contributed by atoms with Crippen molar-refractivity contribution in [2.24, 2.45) is 7.05 Å². The lowest BCUT2D eigenvalue weighted by Crippen LogP contribution is -2.36. The molecular formula is C14H18ClN3O2S. The fourth-order valence-electron chi connectivity index (χ4n) is 1.91. The van der Waals surface area contributed by atoms with Gasteiger partial charge in [-0.15, -0.1) is 0 Å². The van der Waals surface area contributed by atoms with E-state index >= 15 is 0 Å². The van der Waals surface area contributed by atoms with Crippen LogP contribution in [0.1, 0.15) is 19.4 Å². The van der Waals surface area contributed by atoms with E-state index in [1.165, 1.54) is 10.9 Å². The minimum Gasteiger partial charge on any atom is -0.324 e. The highest BCUT2D eigenvalue weighted by molar-refractivity contribution is 7.89. The van der Waals surface area contributed by atoms with Gasteiger partial charge in [-0.05, 0) is 5.56 Å². The largest absolute Gasteiger partial charge is 0.324 e. The van der Waals surface area contributed by atoms with Crippen LogP contribution in [0.2, 0.25) is 5.15 Å². The number of sulfonamides is 1. The summed E-state index contributed by atoms with van der Waals surface area (Å²) in [6.45, 7) is 4.21. The molecule has 1 aromatic carbocycles. The normalized spacial score (nSPS) is 12.6. The topological polar surface area (TPSA) is 64.0 Å². The Kier molecular flexibility index (Phi) is 4.41. The summed E-state index contributed by atoms with van der Waals surface area (Å²) in [5.74, 6) is 0. The predicted molar refractivity (Wildman–Crippen MR) is 82.9 cm³/mol. The lowest BCUT2D eigenvalue weighted by atomic mass is 9.85. The highest BCUT2D eigenvalue weighted by Crippen LogP contribution is 2.23. The third kappa shape index (κ3) is 3.45. The van der Waals surface area contributed by atoms with E-state index in [1.807, 2.05) is 44.2 Å². The van der Waals surface area contributed by atoms with E-state index in [4.69, 9.17) is 11.6 Å². The van der Waals surface area contributed by atoms with Gasteiger partial charge < -0.3 is 4.57 Å². The Labute approximate surface area is 130 Å². The van der Waals surface area contributed by atoms with Crippen LogP contribution < -0.4 is 4.72 Å². The zero-order valence-corrected chi connectivity index (χ0v) is 13.7. The molecule has 0 bridgehead atoms. The van der Waals surface area contributed by atoms with Gasteiger partial charge in [-0.1, -0.05) is 55.8 Å². The van der Waals surface area contributed by atoms with Crippen molar-refractivity contribution in [3.8, 4) is 0 Å². The minimum absolute atomic E-state index is 0.0972. The molecule has 21 heavy (non-hydrogen) atoms. The second-order valence-corrected chi connectivity index (χ2v) is 7.57. The molecule has 0 saturated heterocycles. The van der Waals surface area contributed by atoms with Crippen LogP contribution in [0.25, 0.3) is 0 Å². The summed E-state index contributed by atoms with van der Waals surface area (Å²) in [6, 6.07) is 9.74. The van der Waals surface area contributed by atoms with Crippen molar-refractivity contribution < 1.29 is 8.42 Å². The third-order valence-corrected chi connectivity index (χ3v) is 5.24. The van der Waals surface area contributed by atoms with Crippen LogP contribution in [0.15, 0.2) is 41.7 Å². The van der Waals surface area contributed by atoms with Crippen molar-refractivity contribution in [3.05, 3.63) is 47.4 Å². The van der Waals surface area contributed by atoms with Gasteiger partial charge in [0.05, 0.1) is 6.33 Å². The van der Waals surface area contributed by atoms with Gasteiger partial charge in [0, 0.05) is 19.0 Å². The summed E-state index contributed by atoms with van der Waals surface area (Å²) in [5.41, 5.74) is 0.718. The van der Waals surface area contributed by atoms with Gasteiger partial charge in [-0.2, -0.15) is 0 Å². The van der Waals surface area contributed by atoms with Crippen molar-refractivity contribution in [3.63, 3.8) is 0 Å². The number of nitrogens with one attached hydrogen (secondary N) is 1. The Morgan fingerprint density at radius 2 is 1.90 bits per heavy atom. The number of hydrogen-bond donors (Lipinski definition) is 1. The second kappa shape index (κ2) is 5.79. The molecule has 1 aromatic heterocycles. The Morgan fingerprint density at radius 3 is 2.43 bits per heavy atom. The second-order valence-electron chi connectivity index (χ2n) is 5.53. The van der Waals surface area contributed by atoms with Crippen LogP contribution in [-0.4, -0.2) is 24.5 Å². The van der Waals surface area contributed by atoms with Gasteiger partial charge in [0.25, 0.3) is 10.0 Å². The number of halogens is 1. The number of aryl methyl sites for hydroxylation is 1. The van der Waals surface area contributed by atoms with Gasteiger partial charge >= 0.3 is 0 Å². The number of rotatable bonds is 5. The quantitative estimate of drug-likeness (QED) is 0.916. The van der Waals surface area contributed by atoms with Gasteiger partial charge in [0.15, 0.2) is 0 Å². The van der Waals surface area contributed by atoms with Crippen LogP contribution in [0.5, 0.6) is 0 Å². The SMILES string of the molecule is Cn1cnc(S(=O)(=O)NCC(C)(C)c2ccccc2)c1Cl. The molecule has 0 aliphatic carbocycles. The van der Waals surface area contributed by atoms with Crippen molar-refractivity contribution in [1.29, 1.82) is 0 Å². The molecule has 0 spiro atoms. The molecule has 0 aliphatic heterocycles. The van der Waals surface area contributed by atoms with E-state index in [9.17, 15) is 8.42 Å². The van der Waals surface area contributed by atoms with E-state index in [0.29, 0.717) is 0 Å². The molecule has 114 valence electrons. The molecule has 1 heterocycles. The smallest absolute Gasteiger partial charge is 0.261 e. The fraction of sp³-hybridized carbons (Fsp3) is 0.357. The van der Waals surface area contributed by atoms with Crippen LogP contribution in [0, 0.1) is 0 Å². The van der Waals surface area contributed by atoms with Crippen molar-refractivity contribution >= 4 is 21.6 Å². The zero-order valence-electron chi connectivity index (χ0n) is 12.2. The Hall–Kier alpha value is -1.37. The Morgan fingerprint density at radius 1 is 1.29 bits per heavy atom. The molecule has 5 nitrogen and oxygen atoms in total. The third-order valence-electron chi connectivity index (χ3n) is 3.35. The molecule has 0 unspecified atom stereocenters. The number of hydrogen-bond acceptors (Lipinski definition) is 3. The maximum absolute atomic E-state index is 12.3. The Balaban J connectivity index is 2.17. The summed E-state index contributed by atoms with van der Waals surface area (Å²) >= 11 is 5.94. The molecule has 0 fully saturated rings. The van der Waals surface area contributed by atoms with Crippen LogP contribution in [0.4, 0.5) is 0 Å². The average molecular weight is 328 g/mol. The molecule has 0 saturated carbocycles. The molecule has 0 radical (unpaired) electrons. The fourth-order valence-corrected chi connectivity index (χ4v) is 3.55. The van der Waals surface area contributed by atoms with E-state index < -0.39 is 10.0 Å². The summed E-state index contributed by atoms with van der Waals surface area (Å²) in [4.78, 5) is 3.84. The first-order valence-electron chi connectivity index (χ1n) is 6.46. The molecule has 0 atom stereocenters. The van der Waals surface area contributed by atoms with E-state index in [2.05, 4.69) is 9.71 Å². The molecule has 2 aromatic rings. The summed E-state index contributed by atoms with van der Waals surface area (Å²) in [7, 11) is -2.08. The maximum Gasteiger partial charge on any atom is 0.261 e. The highest BCUT2D eigenvalue weighted by atomic mass is 35.5. The average Bonchev–Trinajstić information content (AvgIpc) is 2.79. The minimum atomic E-state index is -3.73. The lowest BCUT2D eigenvalue weighted by Gasteiger charge is -2.25. The van der Waals surface area contributed by atoms with Gasteiger partial charge in [-0.25, -0.2) is 18.1 Å². The van der Waals surface area contributed by atoms with Crippen molar-refractivity contribution in [1.82, 2.24) is 14.3 Å². The number of nitrogens with zero attached hydrogens (tertiary/aromatic N) is 2. The van der Waals surface area contributed by atoms with Crippen LogP contribution in [-0.2, 0) is 22.5 Å². The van der Waals surface area contributed by atoms with E-state index in [0.717, 1.165) is 5.56 Å². The first kappa shape index (κ1) is 16.0. The Bertz CT molecular complexity index is 724. The monoisotopic (exact) mass is 327 g/mol. The van der Waals surface area contributed by atoms with Gasteiger partial charge in [0.1, 0.15) is 5.15 Å². The van der Waals surface area contributed by atoms with E-state index in [-0.39, 0.29) is 22.1 Å². The number of aromatic nitrogens is 2. The zero-order chi connectivity index (χ0) is 15.7. The first-order chi connectivity index (χ1) is 9.74. The molecule has 1 N–H and O–H groups in total. The summed E-state index contributed by atoms with van der Waals surface area (Å²) in [6.07, 6.45) is 1.37. The molecular weight excluding hydrogens is 310 g/mol. The number of benzene rings is 1. The van der Waals surface area contributed by atoms with Crippen LogP contribution >= 0.6 is 11.6 Å². The number of imidazole rings is 1. The molecule has 2 rings (SSSR count). The predicted octanol–water partition coefficient (Wildman–Crippen LogP) is 2.33. The standard InChI is InChI=1S/C14H18ClN3O2S/c1-14(2,11-7-5-4-6-8-11)9-17-21(19,20)13-12(15)18(3)10-16-13/h4-8,10,17H,9H2,1-3H3. The van der Waals surface area contributed by atoms with Gasteiger partial charge in [-0.3, -0.25) is 0 Å². The van der Waals surface area contributed by atoms with Gasteiger partial charge in [0.2, 0.25) is 5.03 Å². The van der Waals surface area contributed by atoms with Crippen molar-refractivity contribution in [2.75, 3.05) is 6.54 Å². The summed E-state index contributed by atoms with van der Waals surface area (Å²) in [5, 5.41) is -0.0458. The molecule has 0 amide bonds. The van der Waals surface area contributed by atoms with Crippen LogP contribution in [0.3, 0.4) is 0 Å². The maximum atomic E-state index is 12.3. The highest BCUT2D eigenvalue weighted by Gasteiger charge is 2.27. The summed E-state index contributed by atoms with van der Waals surface area (Å²) < 4.78 is 28.6. The van der Waals surface area contributed by atoms with E-state index in [1.54, 1.807) is 7.05 Å². The molecule has 0 aliphatic rings. The molecule has 7 heteroatoms. The van der Waals surface area contributed by atoms with Crippen molar-refractivity contribution in [2.45, 2.75) is 24.3 Å². The lowest BCUT2D eigenvalue weighted by molar-refractivity contribution is 0.500. The first-order valence-corrected chi connectivity index (χ1v) is 8.32.